The predicted octanol–water partition coefficient (Wildman–Crippen LogP) is 2.90. The van der Waals surface area contributed by atoms with E-state index in [0.29, 0.717) is 13.1 Å². The summed E-state index contributed by atoms with van der Waals surface area (Å²) in [4.78, 5) is 14.0. The highest BCUT2D eigenvalue weighted by molar-refractivity contribution is 5.94. The number of piperidine rings is 1. The summed E-state index contributed by atoms with van der Waals surface area (Å²) in [5.41, 5.74) is 5.41. The van der Waals surface area contributed by atoms with Gasteiger partial charge in [0.15, 0.2) is 0 Å². The standard InChI is InChI=1S/C15H19F3N2O/c1-10(19)12-3-2-8-20(9-12)14(21)11-4-6-13(7-5-11)15(16,17)18/h4-7,10,12H,2-3,8-9,19H2,1H3. The topological polar surface area (TPSA) is 46.3 Å². The maximum atomic E-state index is 12.5. The van der Waals surface area contributed by atoms with E-state index in [0.717, 1.165) is 25.0 Å². The molecule has 2 atom stereocenters. The van der Waals surface area contributed by atoms with Gasteiger partial charge < -0.3 is 10.6 Å². The van der Waals surface area contributed by atoms with Crippen LogP contribution in [0.5, 0.6) is 0 Å². The van der Waals surface area contributed by atoms with Crippen molar-refractivity contribution in [2.75, 3.05) is 13.1 Å². The van der Waals surface area contributed by atoms with Crippen molar-refractivity contribution in [2.45, 2.75) is 32.0 Å². The van der Waals surface area contributed by atoms with Gasteiger partial charge in [0.2, 0.25) is 0 Å². The zero-order chi connectivity index (χ0) is 15.6. The second-order valence-electron chi connectivity index (χ2n) is 5.59. The maximum Gasteiger partial charge on any atom is 0.416 e. The summed E-state index contributed by atoms with van der Waals surface area (Å²) in [5.74, 6) is 0.0197. The minimum Gasteiger partial charge on any atom is -0.338 e. The number of hydrogen-bond acceptors (Lipinski definition) is 2. The van der Waals surface area contributed by atoms with Crippen LogP contribution in [0.25, 0.3) is 0 Å². The molecule has 1 amide bonds. The fraction of sp³-hybridized carbons (Fsp3) is 0.533. The monoisotopic (exact) mass is 300 g/mol. The van der Waals surface area contributed by atoms with Crippen LogP contribution in [0.15, 0.2) is 24.3 Å². The molecule has 0 bridgehead atoms. The molecule has 1 aromatic carbocycles. The Labute approximate surface area is 121 Å². The van der Waals surface area contributed by atoms with Crippen LogP contribution in [-0.4, -0.2) is 29.9 Å². The summed E-state index contributed by atoms with van der Waals surface area (Å²) in [6.45, 7) is 3.11. The quantitative estimate of drug-likeness (QED) is 0.913. The molecule has 1 aromatic rings. The highest BCUT2D eigenvalue weighted by atomic mass is 19.4. The first-order valence-corrected chi connectivity index (χ1v) is 7.01. The number of hydrogen-bond donors (Lipinski definition) is 1. The number of carbonyl (C=O) groups is 1. The molecule has 0 saturated carbocycles. The van der Waals surface area contributed by atoms with Gasteiger partial charge in [0.1, 0.15) is 0 Å². The minimum atomic E-state index is -4.38. The van der Waals surface area contributed by atoms with Gasteiger partial charge in [-0.3, -0.25) is 4.79 Å². The zero-order valence-corrected chi connectivity index (χ0v) is 11.9. The Bertz CT molecular complexity index is 497. The van der Waals surface area contributed by atoms with E-state index >= 15 is 0 Å². The van der Waals surface area contributed by atoms with Gasteiger partial charge in [-0.25, -0.2) is 0 Å². The van der Waals surface area contributed by atoms with Crippen molar-refractivity contribution in [3.63, 3.8) is 0 Å². The third-order valence-corrected chi connectivity index (χ3v) is 3.95. The van der Waals surface area contributed by atoms with E-state index in [-0.39, 0.29) is 23.4 Å². The van der Waals surface area contributed by atoms with Gasteiger partial charge in [0.25, 0.3) is 5.91 Å². The maximum absolute atomic E-state index is 12.5. The molecule has 1 aliphatic rings. The number of rotatable bonds is 2. The number of halogens is 3. The highest BCUT2D eigenvalue weighted by Gasteiger charge is 2.31. The molecule has 2 N–H and O–H groups in total. The van der Waals surface area contributed by atoms with Crippen molar-refractivity contribution in [1.29, 1.82) is 0 Å². The lowest BCUT2D eigenvalue weighted by Crippen LogP contribution is -2.45. The number of nitrogens with two attached hydrogens (primary N) is 1. The van der Waals surface area contributed by atoms with E-state index in [2.05, 4.69) is 0 Å². The van der Waals surface area contributed by atoms with Crippen LogP contribution in [-0.2, 0) is 6.18 Å². The normalized spacial score (nSPS) is 21.2. The molecule has 116 valence electrons. The van der Waals surface area contributed by atoms with E-state index in [1.165, 1.54) is 12.1 Å². The molecule has 6 heteroatoms. The highest BCUT2D eigenvalue weighted by Crippen LogP contribution is 2.29. The van der Waals surface area contributed by atoms with Crippen molar-refractivity contribution in [2.24, 2.45) is 11.7 Å². The van der Waals surface area contributed by atoms with E-state index in [1.807, 2.05) is 6.92 Å². The van der Waals surface area contributed by atoms with Crippen LogP contribution < -0.4 is 5.73 Å². The van der Waals surface area contributed by atoms with E-state index in [1.54, 1.807) is 4.90 Å². The average Bonchev–Trinajstić information content (AvgIpc) is 2.46. The molecule has 1 saturated heterocycles. The lowest BCUT2D eigenvalue weighted by molar-refractivity contribution is -0.137. The van der Waals surface area contributed by atoms with Crippen molar-refractivity contribution in [1.82, 2.24) is 4.90 Å². The molecular weight excluding hydrogens is 281 g/mol. The van der Waals surface area contributed by atoms with Gasteiger partial charge in [-0.1, -0.05) is 0 Å². The van der Waals surface area contributed by atoms with Gasteiger partial charge in [-0.15, -0.1) is 0 Å². The lowest BCUT2D eigenvalue weighted by atomic mass is 9.92. The Kier molecular flexibility index (Phi) is 4.56. The number of benzene rings is 1. The first kappa shape index (κ1) is 15.8. The Morgan fingerprint density at radius 1 is 1.33 bits per heavy atom. The van der Waals surface area contributed by atoms with Crippen molar-refractivity contribution >= 4 is 5.91 Å². The zero-order valence-electron chi connectivity index (χ0n) is 11.9. The summed E-state index contributed by atoms with van der Waals surface area (Å²) in [6, 6.07) is 4.37. The Balaban J connectivity index is 2.09. The molecule has 0 aromatic heterocycles. The second-order valence-corrected chi connectivity index (χ2v) is 5.59. The number of alkyl halides is 3. The molecule has 3 nitrogen and oxygen atoms in total. The molecule has 1 aliphatic heterocycles. The molecule has 1 heterocycles. The number of likely N-dealkylation sites (tertiary alicyclic amines) is 1. The third kappa shape index (κ3) is 3.75. The fourth-order valence-electron chi connectivity index (χ4n) is 2.61. The summed E-state index contributed by atoms with van der Waals surface area (Å²) < 4.78 is 37.5. The molecule has 0 spiro atoms. The van der Waals surface area contributed by atoms with Crippen molar-refractivity contribution in [3.8, 4) is 0 Å². The first-order valence-electron chi connectivity index (χ1n) is 7.01. The van der Waals surface area contributed by atoms with E-state index < -0.39 is 11.7 Å². The summed E-state index contributed by atoms with van der Waals surface area (Å²) in [6.07, 6.45) is -2.53. The number of nitrogens with zero attached hydrogens (tertiary/aromatic N) is 1. The summed E-state index contributed by atoms with van der Waals surface area (Å²) in [7, 11) is 0. The lowest BCUT2D eigenvalue weighted by Gasteiger charge is -2.34. The predicted molar refractivity (Wildman–Crippen MR) is 73.7 cm³/mol. The number of carbonyl (C=O) groups excluding carboxylic acids is 1. The van der Waals surface area contributed by atoms with Crippen LogP contribution in [0, 0.1) is 5.92 Å². The van der Waals surface area contributed by atoms with E-state index in [9.17, 15) is 18.0 Å². The van der Waals surface area contributed by atoms with Crippen LogP contribution in [0.1, 0.15) is 35.7 Å². The van der Waals surface area contributed by atoms with Gasteiger partial charge in [0.05, 0.1) is 5.56 Å². The van der Waals surface area contributed by atoms with Gasteiger partial charge in [0, 0.05) is 24.7 Å². The second kappa shape index (κ2) is 6.05. The summed E-state index contributed by atoms with van der Waals surface area (Å²) >= 11 is 0. The van der Waals surface area contributed by atoms with Crippen LogP contribution in [0.3, 0.4) is 0 Å². The first-order chi connectivity index (χ1) is 9.79. The molecule has 2 unspecified atom stereocenters. The van der Waals surface area contributed by atoms with E-state index in [4.69, 9.17) is 5.73 Å². The third-order valence-electron chi connectivity index (χ3n) is 3.95. The van der Waals surface area contributed by atoms with Gasteiger partial charge in [-0.05, 0) is 49.9 Å². The summed E-state index contributed by atoms with van der Waals surface area (Å²) in [5, 5.41) is 0. The van der Waals surface area contributed by atoms with Crippen LogP contribution >= 0.6 is 0 Å². The molecule has 2 rings (SSSR count). The molecule has 21 heavy (non-hydrogen) atoms. The van der Waals surface area contributed by atoms with Crippen LogP contribution in [0.4, 0.5) is 13.2 Å². The Morgan fingerprint density at radius 3 is 2.48 bits per heavy atom. The van der Waals surface area contributed by atoms with Crippen molar-refractivity contribution < 1.29 is 18.0 Å². The van der Waals surface area contributed by atoms with Crippen molar-refractivity contribution in [3.05, 3.63) is 35.4 Å². The minimum absolute atomic E-state index is 0.00760. The smallest absolute Gasteiger partial charge is 0.338 e. The molecule has 0 aliphatic carbocycles. The average molecular weight is 300 g/mol. The van der Waals surface area contributed by atoms with Gasteiger partial charge >= 0.3 is 6.18 Å². The Hall–Kier alpha value is -1.56. The molecule has 1 fully saturated rings. The molecular formula is C15H19F3N2O. The largest absolute Gasteiger partial charge is 0.416 e. The Morgan fingerprint density at radius 2 is 1.95 bits per heavy atom. The van der Waals surface area contributed by atoms with Gasteiger partial charge in [-0.2, -0.15) is 13.2 Å². The number of amides is 1. The SMILES string of the molecule is CC(N)C1CCCN(C(=O)c2ccc(C(F)(F)F)cc2)C1. The van der Waals surface area contributed by atoms with Crippen LogP contribution in [0.2, 0.25) is 0 Å². The molecule has 0 radical (unpaired) electrons. The fourth-order valence-corrected chi connectivity index (χ4v) is 2.61.